The molecule has 7 heteroatoms. The normalized spacial score (nSPS) is 15.8. The summed E-state index contributed by atoms with van der Waals surface area (Å²) in [6.45, 7) is 8.86. The number of nitrogens with one attached hydrogen (secondary N) is 1. The summed E-state index contributed by atoms with van der Waals surface area (Å²) >= 11 is 1.28. The number of benzene rings is 2. The fraction of sp³-hybridized carbons (Fsp3) is 0.261. The predicted molar refractivity (Wildman–Crippen MR) is 124 cm³/mol. The van der Waals surface area contributed by atoms with Crippen molar-refractivity contribution in [2.75, 3.05) is 12.3 Å². The molecule has 0 radical (unpaired) electrons. The van der Waals surface area contributed by atoms with E-state index in [-0.39, 0.29) is 17.7 Å². The number of rotatable bonds is 7. The summed E-state index contributed by atoms with van der Waals surface area (Å²) < 4.78 is 5.98. The van der Waals surface area contributed by atoms with Crippen molar-refractivity contribution >= 4 is 28.7 Å². The van der Waals surface area contributed by atoms with Gasteiger partial charge in [0.15, 0.2) is 0 Å². The van der Waals surface area contributed by atoms with E-state index < -0.39 is 0 Å². The zero-order chi connectivity index (χ0) is 21.3. The van der Waals surface area contributed by atoms with Crippen LogP contribution in [-0.2, 0) is 11.3 Å². The third-order valence-corrected chi connectivity index (χ3v) is 5.29. The van der Waals surface area contributed by atoms with Crippen LogP contribution in [0, 0.1) is 6.92 Å². The largest absolute Gasteiger partial charge is 0.441 e. The zero-order valence-electron chi connectivity index (χ0n) is 17.2. The fourth-order valence-corrected chi connectivity index (χ4v) is 3.41. The average molecular weight is 423 g/mol. The Morgan fingerprint density at radius 2 is 1.97 bits per heavy atom. The van der Waals surface area contributed by atoms with Crippen molar-refractivity contribution in [3.63, 3.8) is 0 Å². The molecule has 1 N–H and O–H groups in total. The number of nitrogens with zero attached hydrogens (tertiary/aromatic N) is 3. The standard InChI is InChI=1S/C23H26N4O2S/c1-4-14-27-18(3)22(29-20-8-6-5-7-9-20)25-23(26-27)30-16-21(28)24-15-19-12-10-17(2)11-13-19/h4-13,18H,1,14-16H2,2-3H3,(H,24,28). The molecule has 2 aromatic carbocycles. The first kappa shape index (κ1) is 21.6. The number of aliphatic imine (C=N–C) groups is 1. The minimum absolute atomic E-state index is 0.0714. The molecule has 1 unspecified atom stereocenters. The second-order valence-electron chi connectivity index (χ2n) is 6.89. The second-order valence-corrected chi connectivity index (χ2v) is 7.83. The number of ether oxygens (including phenoxy) is 1. The molecule has 0 saturated heterocycles. The number of thioether (sulfide) groups is 1. The average Bonchev–Trinajstić information content (AvgIpc) is 2.75. The minimum Gasteiger partial charge on any atom is -0.441 e. The lowest BCUT2D eigenvalue weighted by Crippen LogP contribution is -2.42. The molecule has 1 amide bonds. The van der Waals surface area contributed by atoms with E-state index in [9.17, 15) is 4.79 Å². The van der Waals surface area contributed by atoms with Gasteiger partial charge in [-0.2, -0.15) is 4.99 Å². The van der Waals surface area contributed by atoms with Crippen molar-refractivity contribution in [3.05, 3.63) is 78.4 Å². The van der Waals surface area contributed by atoms with Crippen LogP contribution in [-0.4, -0.2) is 40.3 Å². The van der Waals surface area contributed by atoms with Crippen LogP contribution in [0.3, 0.4) is 0 Å². The van der Waals surface area contributed by atoms with Gasteiger partial charge in [0.25, 0.3) is 0 Å². The van der Waals surface area contributed by atoms with Gasteiger partial charge in [-0.25, -0.2) is 0 Å². The Kier molecular flexibility index (Phi) is 7.68. The van der Waals surface area contributed by atoms with Crippen LogP contribution in [0.5, 0.6) is 5.75 Å². The molecule has 0 aliphatic carbocycles. The van der Waals surface area contributed by atoms with Crippen LogP contribution in [0.4, 0.5) is 0 Å². The van der Waals surface area contributed by atoms with Gasteiger partial charge in [-0.1, -0.05) is 65.9 Å². The molecule has 1 aliphatic heterocycles. The van der Waals surface area contributed by atoms with E-state index in [2.05, 4.69) is 22.0 Å². The first-order valence-corrected chi connectivity index (χ1v) is 10.8. The Labute approximate surface area is 181 Å². The van der Waals surface area contributed by atoms with Crippen LogP contribution in [0.15, 0.2) is 77.3 Å². The Balaban J connectivity index is 1.60. The van der Waals surface area contributed by atoms with Crippen LogP contribution in [0.2, 0.25) is 0 Å². The fourth-order valence-electron chi connectivity index (χ4n) is 2.73. The number of amidine groups is 1. The van der Waals surface area contributed by atoms with Crippen LogP contribution in [0.1, 0.15) is 18.1 Å². The molecule has 0 bridgehead atoms. The minimum atomic E-state index is -0.136. The van der Waals surface area contributed by atoms with E-state index in [1.54, 1.807) is 6.08 Å². The molecular weight excluding hydrogens is 396 g/mol. The van der Waals surface area contributed by atoms with Gasteiger partial charge in [0, 0.05) is 6.54 Å². The van der Waals surface area contributed by atoms with Gasteiger partial charge in [-0.15, -0.1) is 11.7 Å². The van der Waals surface area contributed by atoms with Gasteiger partial charge in [0.2, 0.25) is 17.0 Å². The first-order valence-electron chi connectivity index (χ1n) is 9.78. The van der Waals surface area contributed by atoms with Gasteiger partial charge in [0.1, 0.15) is 11.8 Å². The van der Waals surface area contributed by atoms with E-state index in [4.69, 9.17) is 4.74 Å². The van der Waals surface area contributed by atoms with Crippen LogP contribution in [0.25, 0.3) is 0 Å². The third kappa shape index (κ3) is 6.22. The monoisotopic (exact) mass is 422 g/mol. The van der Waals surface area contributed by atoms with E-state index in [1.807, 2.05) is 73.5 Å². The Morgan fingerprint density at radius 1 is 1.23 bits per heavy atom. The molecule has 2 aromatic rings. The second kappa shape index (κ2) is 10.6. The van der Waals surface area contributed by atoms with Crippen LogP contribution >= 0.6 is 11.8 Å². The SMILES string of the molecule is C=CCN1N=C(SCC(=O)NCc2ccc(C)cc2)N=C(Oc2ccccc2)C1C. The molecule has 156 valence electrons. The summed E-state index contributed by atoms with van der Waals surface area (Å²) in [5.74, 6) is 1.41. The van der Waals surface area contributed by atoms with E-state index in [1.165, 1.54) is 17.3 Å². The van der Waals surface area contributed by atoms with Crippen molar-refractivity contribution in [2.45, 2.75) is 26.4 Å². The number of hydrogen-bond donors (Lipinski definition) is 1. The number of para-hydroxylation sites is 1. The summed E-state index contributed by atoms with van der Waals surface area (Å²) in [5, 5.41) is 9.81. The lowest BCUT2D eigenvalue weighted by Gasteiger charge is -2.29. The third-order valence-electron chi connectivity index (χ3n) is 4.45. The highest BCUT2D eigenvalue weighted by molar-refractivity contribution is 8.14. The molecule has 1 aliphatic rings. The summed E-state index contributed by atoms with van der Waals surface area (Å²) in [6, 6.07) is 17.5. The van der Waals surface area contributed by atoms with Crippen LogP contribution < -0.4 is 10.1 Å². The maximum atomic E-state index is 12.3. The number of amides is 1. The molecule has 1 atom stereocenters. The van der Waals surface area contributed by atoms with E-state index in [0.29, 0.717) is 29.9 Å². The number of hydrazone groups is 1. The topological polar surface area (TPSA) is 66.3 Å². The molecule has 1 heterocycles. The highest BCUT2D eigenvalue weighted by atomic mass is 32.2. The molecule has 30 heavy (non-hydrogen) atoms. The number of aryl methyl sites for hydroxylation is 1. The van der Waals surface area contributed by atoms with Crippen molar-refractivity contribution < 1.29 is 9.53 Å². The van der Waals surface area contributed by atoms with Gasteiger partial charge < -0.3 is 10.1 Å². The number of carbonyl (C=O) groups excluding carboxylic acids is 1. The molecule has 0 fully saturated rings. The van der Waals surface area contributed by atoms with E-state index >= 15 is 0 Å². The van der Waals surface area contributed by atoms with Gasteiger partial charge >= 0.3 is 0 Å². The lowest BCUT2D eigenvalue weighted by molar-refractivity contribution is -0.118. The maximum Gasteiger partial charge on any atom is 0.230 e. The molecule has 0 aromatic heterocycles. The quantitative estimate of drug-likeness (QED) is 0.686. The molecule has 0 spiro atoms. The zero-order valence-corrected chi connectivity index (χ0v) is 18.1. The highest BCUT2D eigenvalue weighted by Gasteiger charge is 2.25. The summed E-state index contributed by atoms with van der Waals surface area (Å²) in [5.41, 5.74) is 2.26. The van der Waals surface area contributed by atoms with Crippen molar-refractivity contribution in [1.29, 1.82) is 0 Å². The smallest absolute Gasteiger partial charge is 0.230 e. The first-order chi connectivity index (χ1) is 14.5. The predicted octanol–water partition coefficient (Wildman–Crippen LogP) is 3.98. The molecule has 0 saturated carbocycles. The van der Waals surface area contributed by atoms with Gasteiger partial charge in [-0.3, -0.25) is 9.80 Å². The molecular formula is C23H26N4O2S. The van der Waals surface area contributed by atoms with Gasteiger partial charge in [-0.05, 0) is 31.5 Å². The van der Waals surface area contributed by atoms with Crippen molar-refractivity contribution in [3.8, 4) is 5.75 Å². The Hall–Kier alpha value is -3.06. The highest BCUT2D eigenvalue weighted by Crippen LogP contribution is 2.19. The lowest BCUT2D eigenvalue weighted by atomic mass is 10.1. The molecule has 3 rings (SSSR count). The maximum absolute atomic E-state index is 12.3. The number of carbonyl (C=O) groups is 1. The Morgan fingerprint density at radius 3 is 2.67 bits per heavy atom. The number of hydrogen-bond acceptors (Lipinski definition) is 6. The summed E-state index contributed by atoms with van der Waals surface area (Å²) in [6.07, 6.45) is 1.78. The van der Waals surface area contributed by atoms with Crippen molar-refractivity contribution in [2.24, 2.45) is 10.1 Å². The summed E-state index contributed by atoms with van der Waals surface area (Å²) in [7, 11) is 0. The Bertz CT molecular complexity index is 926. The molecule has 6 nitrogen and oxygen atoms in total. The van der Waals surface area contributed by atoms with E-state index in [0.717, 1.165) is 5.56 Å². The van der Waals surface area contributed by atoms with Gasteiger partial charge in [0.05, 0.1) is 12.3 Å². The van der Waals surface area contributed by atoms with Crippen molar-refractivity contribution in [1.82, 2.24) is 10.3 Å². The summed E-state index contributed by atoms with van der Waals surface area (Å²) in [4.78, 5) is 16.8.